The summed E-state index contributed by atoms with van der Waals surface area (Å²) < 4.78 is 3.32. The Labute approximate surface area is 165 Å². The highest BCUT2D eigenvalue weighted by atomic mass is 32.2. The van der Waals surface area contributed by atoms with Crippen molar-refractivity contribution in [1.29, 1.82) is 0 Å². The van der Waals surface area contributed by atoms with E-state index in [1.165, 1.54) is 16.4 Å². The Morgan fingerprint density at radius 2 is 1.96 bits per heavy atom. The summed E-state index contributed by atoms with van der Waals surface area (Å²) in [5.74, 6) is 1.06. The second-order valence-corrected chi connectivity index (χ2v) is 7.17. The summed E-state index contributed by atoms with van der Waals surface area (Å²) in [5, 5.41) is 18.0. The Morgan fingerprint density at radius 3 is 2.79 bits per heavy atom. The minimum absolute atomic E-state index is 0.174. The molecule has 0 amide bonds. The van der Waals surface area contributed by atoms with Gasteiger partial charge < -0.3 is 0 Å². The first-order chi connectivity index (χ1) is 13.7. The highest BCUT2D eigenvalue weighted by Crippen LogP contribution is 2.25. The number of aryl methyl sites for hydroxylation is 1. The predicted molar refractivity (Wildman–Crippen MR) is 110 cm³/mol. The summed E-state index contributed by atoms with van der Waals surface area (Å²) in [4.78, 5) is 12.6. The van der Waals surface area contributed by atoms with Crippen molar-refractivity contribution in [2.24, 2.45) is 0 Å². The van der Waals surface area contributed by atoms with Crippen molar-refractivity contribution in [3.8, 4) is 11.4 Å². The Hall–Kier alpha value is -3.26. The van der Waals surface area contributed by atoms with Gasteiger partial charge in [-0.05, 0) is 25.1 Å². The number of benzene rings is 2. The Balaban J connectivity index is 1.65. The van der Waals surface area contributed by atoms with E-state index in [1.807, 2.05) is 41.8 Å². The third kappa shape index (κ3) is 3.46. The van der Waals surface area contributed by atoms with Gasteiger partial charge in [-0.25, -0.2) is 0 Å². The molecule has 0 fully saturated rings. The van der Waals surface area contributed by atoms with Crippen molar-refractivity contribution < 1.29 is 0 Å². The summed E-state index contributed by atoms with van der Waals surface area (Å²) in [5.41, 5.74) is 2.55. The molecular weight excluding hydrogens is 372 g/mol. The monoisotopic (exact) mass is 390 g/mol. The molecule has 4 rings (SSSR count). The van der Waals surface area contributed by atoms with Crippen molar-refractivity contribution in [3.05, 3.63) is 77.1 Å². The van der Waals surface area contributed by atoms with Gasteiger partial charge in [0.25, 0.3) is 5.56 Å². The third-order valence-corrected chi connectivity index (χ3v) is 5.18. The van der Waals surface area contributed by atoms with Crippen LogP contribution >= 0.6 is 11.8 Å². The number of rotatable bonds is 6. The summed E-state index contributed by atoms with van der Waals surface area (Å²) in [6.45, 7) is 6.44. The highest BCUT2D eigenvalue weighted by molar-refractivity contribution is 7.98. The number of fused-ring (bicyclic) bond motifs is 1. The van der Waals surface area contributed by atoms with Crippen molar-refractivity contribution >= 4 is 22.7 Å². The van der Waals surface area contributed by atoms with E-state index in [2.05, 4.69) is 33.2 Å². The van der Waals surface area contributed by atoms with Crippen LogP contribution in [0.4, 0.5) is 0 Å². The second kappa shape index (κ2) is 7.77. The first kappa shape index (κ1) is 18.1. The predicted octanol–water partition coefficient (Wildman–Crippen LogP) is 3.29. The Bertz CT molecular complexity index is 1210. The lowest BCUT2D eigenvalue weighted by Gasteiger charge is -2.09. The maximum atomic E-state index is 12.6. The number of nitrogens with zero attached hydrogens (tertiary/aromatic N) is 6. The van der Waals surface area contributed by atoms with Crippen LogP contribution in [0, 0.1) is 6.92 Å². The van der Waals surface area contributed by atoms with Gasteiger partial charge in [0, 0.05) is 12.1 Å². The van der Waals surface area contributed by atoms with Crippen LogP contribution in [0.3, 0.4) is 0 Å². The molecule has 0 aliphatic heterocycles. The average Bonchev–Trinajstić information content (AvgIpc) is 3.11. The molecule has 0 saturated heterocycles. The van der Waals surface area contributed by atoms with Crippen molar-refractivity contribution in [1.82, 2.24) is 29.8 Å². The third-order valence-electron chi connectivity index (χ3n) is 4.25. The zero-order valence-electron chi connectivity index (χ0n) is 15.3. The fraction of sp³-hybridized carbons (Fsp3) is 0.150. The van der Waals surface area contributed by atoms with E-state index in [9.17, 15) is 4.79 Å². The van der Waals surface area contributed by atoms with Crippen LogP contribution < -0.4 is 5.56 Å². The largest absolute Gasteiger partial charge is 0.298 e. The molecule has 0 saturated carbocycles. The van der Waals surface area contributed by atoms with Crippen LogP contribution in [0.15, 0.2) is 71.1 Å². The molecule has 28 heavy (non-hydrogen) atoms. The number of thioether (sulfide) groups is 1. The Kier molecular flexibility index (Phi) is 5.03. The van der Waals surface area contributed by atoms with Gasteiger partial charge in [-0.3, -0.25) is 9.36 Å². The molecule has 2 heterocycles. The van der Waals surface area contributed by atoms with Crippen LogP contribution in [0.2, 0.25) is 0 Å². The van der Waals surface area contributed by atoms with Crippen LogP contribution in [-0.4, -0.2) is 29.8 Å². The summed E-state index contributed by atoms with van der Waals surface area (Å²) >= 11 is 1.38. The van der Waals surface area contributed by atoms with Crippen LogP contribution in [0.5, 0.6) is 0 Å². The number of aromatic nitrogens is 6. The van der Waals surface area contributed by atoms with Gasteiger partial charge in [-0.15, -0.1) is 21.9 Å². The molecule has 8 heteroatoms. The molecule has 0 spiro atoms. The summed E-state index contributed by atoms with van der Waals surface area (Å²) in [7, 11) is 0. The summed E-state index contributed by atoms with van der Waals surface area (Å²) in [6.07, 6.45) is 1.80. The number of hydrogen-bond donors (Lipinski definition) is 0. The van der Waals surface area contributed by atoms with Crippen molar-refractivity contribution in [2.45, 2.75) is 24.5 Å². The van der Waals surface area contributed by atoms with Crippen LogP contribution in [-0.2, 0) is 12.4 Å². The van der Waals surface area contributed by atoms with E-state index in [0.29, 0.717) is 28.5 Å². The fourth-order valence-electron chi connectivity index (χ4n) is 2.91. The first-order valence-electron chi connectivity index (χ1n) is 8.74. The molecule has 2 aromatic heterocycles. The topological polar surface area (TPSA) is 78.5 Å². The quantitative estimate of drug-likeness (QED) is 0.371. The van der Waals surface area contributed by atoms with E-state index in [0.717, 1.165) is 17.0 Å². The van der Waals surface area contributed by atoms with Gasteiger partial charge in [-0.2, -0.15) is 4.68 Å². The molecule has 0 N–H and O–H groups in total. The van der Waals surface area contributed by atoms with Crippen LogP contribution in [0.1, 0.15) is 5.56 Å². The van der Waals surface area contributed by atoms with Gasteiger partial charge in [0.2, 0.25) is 0 Å². The SMILES string of the molecule is C=CCn1c(SCn2nnc3ccccc3c2=O)nnc1-c1cccc(C)c1. The number of hydrogen-bond acceptors (Lipinski definition) is 6. The van der Waals surface area contributed by atoms with Gasteiger partial charge >= 0.3 is 0 Å². The molecule has 140 valence electrons. The normalized spacial score (nSPS) is 11.0. The maximum Gasteiger partial charge on any atom is 0.278 e. The van der Waals surface area contributed by atoms with E-state index in [4.69, 9.17) is 0 Å². The molecule has 2 aromatic carbocycles. The minimum Gasteiger partial charge on any atom is -0.298 e. The van der Waals surface area contributed by atoms with Crippen LogP contribution in [0.25, 0.3) is 22.3 Å². The van der Waals surface area contributed by atoms with Gasteiger partial charge in [-0.1, -0.05) is 58.9 Å². The lowest BCUT2D eigenvalue weighted by molar-refractivity contribution is 0.640. The van der Waals surface area contributed by atoms with Crippen molar-refractivity contribution in [3.63, 3.8) is 0 Å². The van der Waals surface area contributed by atoms with E-state index >= 15 is 0 Å². The van der Waals surface area contributed by atoms with Gasteiger partial charge in [0.05, 0.1) is 11.3 Å². The molecule has 0 aliphatic rings. The molecule has 0 bridgehead atoms. The average molecular weight is 390 g/mol. The standard InChI is InChI=1S/C20H18N6OS/c1-3-11-25-18(15-8-6-7-14(2)12-15)22-23-20(25)28-13-26-19(27)16-9-4-5-10-17(16)21-24-26/h3-10,12H,1,11,13H2,2H3. The molecule has 4 aromatic rings. The maximum absolute atomic E-state index is 12.6. The van der Waals surface area contributed by atoms with Crippen molar-refractivity contribution in [2.75, 3.05) is 0 Å². The van der Waals surface area contributed by atoms with Gasteiger partial charge in [0.15, 0.2) is 11.0 Å². The lowest BCUT2D eigenvalue weighted by atomic mass is 10.1. The molecule has 0 atom stereocenters. The molecular formula is C20H18N6OS. The fourth-order valence-corrected chi connectivity index (χ4v) is 3.74. The zero-order chi connectivity index (χ0) is 19.5. The number of allylic oxidation sites excluding steroid dienone is 1. The van der Waals surface area contributed by atoms with E-state index in [-0.39, 0.29) is 5.56 Å². The molecule has 0 radical (unpaired) electrons. The summed E-state index contributed by atoms with van der Waals surface area (Å²) in [6, 6.07) is 15.3. The molecule has 0 unspecified atom stereocenters. The zero-order valence-corrected chi connectivity index (χ0v) is 16.1. The van der Waals surface area contributed by atoms with E-state index in [1.54, 1.807) is 18.2 Å². The second-order valence-electron chi connectivity index (χ2n) is 6.26. The molecule has 0 aliphatic carbocycles. The highest BCUT2D eigenvalue weighted by Gasteiger charge is 2.15. The smallest absolute Gasteiger partial charge is 0.278 e. The van der Waals surface area contributed by atoms with Gasteiger partial charge in [0.1, 0.15) is 5.52 Å². The minimum atomic E-state index is -0.174. The Morgan fingerprint density at radius 1 is 1.11 bits per heavy atom. The lowest BCUT2D eigenvalue weighted by Crippen LogP contribution is -2.23. The first-order valence-corrected chi connectivity index (χ1v) is 9.72. The molecule has 7 nitrogen and oxygen atoms in total. The van der Waals surface area contributed by atoms with E-state index < -0.39 is 0 Å².